The first kappa shape index (κ1) is 18.3. The van der Waals surface area contributed by atoms with Crippen LogP contribution in [0.3, 0.4) is 0 Å². The molecule has 3 rings (SSSR count). The number of aryl methyl sites for hydroxylation is 2. The maximum Gasteiger partial charge on any atom is 0.350 e. The van der Waals surface area contributed by atoms with Gasteiger partial charge in [0.25, 0.3) is 5.91 Å². The Morgan fingerprint density at radius 3 is 2.69 bits per heavy atom. The summed E-state index contributed by atoms with van der Waals surface area (Å²) >= 11 is 2.85. The van der Waals surface area contributed by atoms with Crippen LogP contribution in [0.4, 0.5) is 0 Å². The SMILES string of the molecule is Cc1ccccc1CNC(=O)COC(=O)c1sc(-c2cccs2)nc1C. The lowest BCUT2D eigenvalue weighted by atomic mass is 10.1. The summed E-state index contributed by atoms with van der Waals surface area (Å²) in [5, 5.41) is 5.51. The van der Waals surface area contributed by atoms with E-state index in [1.165, 1.54) is 11.3 Å². The topological polar surface area (TPSA) is 68.3 Å². The van der Waals surface area contributed by atoms with Gasteiger partial charge in [-0.2, -0.15) is 0 Å². The molecule has 26 heavy (non-hydrogen) atoms. The normalized spacial score (nSPS) is 10.5. The van der Waals surface area contributed by atoms with E-state index in [-0.39, 0.29) is 12.5 Å². The van der Waals surface area contributed by atoms with Crippen LogP contribution in [0.2, 0.25) is 0 Å². The van der Waals surface area contributed by atoms with Gasteiger partial charge in [0.2, 0.25) is 0 Å². The summed E-state index contributed by atoms with van der Waals surface area (Å²) in [6.07, 6.45) is 0. The first-order valence-corrected chi connectivity index (χ1v) is 9.74. The fraction of sp³-hybridized carbons (Fsp3) is 0.211. The third kappa shape index (κ3) is 4.36. The van der Waals surface area contributed by atoms with E-state index in [1.54, 1.807) is 18.3 Å². The molecule has 5 nitrogen and oxygen atoms in total. The molecule has 7 heteroatoms. The third-order valence-corrected chi connectivity index (χ3v) is 5.96. The molecule has 0 bridgehead atoms. The molecule has 1 aromatic carbocycles. The maximum atomic E-state index is 12.3. The number of nitrogens with one attached hydrogen (secondary N) is 1. The molecule has 0 aliphatic heterocycles. The Morgan fingerprint density at radius 2 is 1.96 bits per heavy atom. The van der Waals surface area contributed by atoms with Gasteiger partial charge >= 0.3 is 5.97 Å². The van der Waals surface area contributed by atoms with Crippen LogP contribution in [0.25, 0.3) is 9.88 Å². The summed E-state index contributed by atoms with van der Waals surface area (Å²) in [7, 11) is 0. The van der Waals surface area contributed by atoms with Gasteiger partial charge in [0.1, 0.15) is 9.88 Å². The number of amides is 1. The highest BCUT2D eigenvalue weighted by Gasteiger charge is 2.19. The number of hydrogen-bond acceptors (Lipinski definition) is 6. The zero-order valence-corrected chi connectivity index (χ0v) is 16.1. The number of thiophene rings is 1. The molecule has 0 aliphatic rings. The largest absolute Gasteiger partial charge is 0.451 e. The molecule has 3 aromatic rings. The lowest BCUT2D eigenvalue weighted by molar-refractivity contribution is -0.124. The molecular weight excluding hydrogens is 368 g/mol. The molecular formula is C19H18N2O3S2. The van der Waals surface area contributed by atoms with Crippen LogP contribution in [0.5, 0.6) is 0 Å². The van der Waals surface area contributed by atoms with Crippen molar-refractivity contribution < 1.29 is 14.3 Å². The predicted octanol–water partition coefficient (Wildman–Crippen LogP) is 3.96. The minimum absolute atomic E-state index is 0.309. The second kappa shape index (κ2) is 8.25. The van der Waals surface area contributed by atoms with E-state index in [4.69, 9.17) is 4.74 Å². The Bertz CT molecular complexity index is 917. The highest BCUT2D eigenvalue weighted by molar-refractivity contribution is 7.22. The van der Waals surface area contributed by atoms with Crippen LogP contribution in [-0.4, -0.2) is 23.5 Å². The van der Waals surface area contributed by atoms with E-state index in [0.29, 0.717) is 17.1 Å². The average molecular weight is 386 g/mol. The highest BCUT2D eigenvalue weighted by atomic mass is 32.1. The third-order valence-electron chi connectivity index (χ3n) is 3.79. The molecule has 0 spiro atoms. The Balaban J connectivity index is 1.54. The van der Waals surface area contributed by atoms with Crippen LogP contribution in [0.1, 0.15) is 26.5 Å². The number of ether oxygens (including phenoxy) is 1. The summed E-state index contributed by atoms with van der Waals surface area (Å²) in [6, 6.07) is 11.7. The van der Waals surface area contributed by atoms with Gasteiger partial charge < -0.3 is 10.1 Å². The molecule has 0 saturated carbocycles. The van der Waals surface area contributed by atoms with Gasteiger partial charge in [0.05, 0.1) is 10.6 Å². The summed E-state index contributed by atoms with van der Waals surface area (Å²) < 4.78 is 5.14. The van der Waals surface area contributed by atoms with Crippen LogP contribution >= 0.6 is 22.7 Å². The summed E-state index contributed by atoms with van der Waals surface area (Å²) in [4.78, 5) is 30.0. The Labute approximate surface area is 159 Å². The zero-order valence-electron chi connectivity index (χ0n) is 14.4. The van der Waals surface area contributed by atoms with Crippen molar-refractivity contribution in [1.29, 1.82) is 0 Å². The van der Waals surface area contributed by atoms with Crippen molar-refractivity contribution in [2.24, 2.45) is 0 Å². The Kier molecular flexibility index (Phi) is 5.80. The number of carbonyl (C=O) groups is 2. The first-order chi connectivity index (χ1) is 12.5. The molecule has 1 N–H and O–H groups in total. The molecule has 0 aliphatic carbocycles. The molecule has 0 fully saturated rings. The van der Waals surface area contributed by atoms with Crippen molar-refractivity contribution in [2.75, 3.05) is 6.61 Å². The number of carbonyl (C=O) groups excluding carboxylic acids is 2. The van der Waals surface area contributed by atoms with Crippen molar-refractivity contribution in [3.05, 3.63) is 63.5 Å². The van der Waals surface area contributed by atoms with Gasteiger partial charge in [0.15, 0.2) is 6.61 Å². The smallest absolute Gasteiger partial charge is 0.350 e. The molecule has 0 atom stereocenters. The fourth-order valence-corrected chi connectivity index (χ4v) is 4.10. The molecule has 1 amide bonds. The second-order valence-corrected chi connectivity index (χ2v) is 7.64. The fourth-order valence-electron chi connectivity index (χ4n) is 2.34. The predicted molar refractivity (Wildman–Crippen MR) is 103 cm³/mol. The number of thiazole rings is 1. The first-order valence-electron chi connectivity index (χ1n) is 8.04. The zero-order chi connectivity index (χ0) is 18.5. The summed E-state index contributed by atoms with van der Waals surface area (Å²) in [5.74, 6) is -0.851. The Hall–Kier alpha value is -2.51. The minimum Gasteiger partial charge on any atom is -0.451 e. The number of aromatic nitrogens is 1. The quantitative estimate of drug-likeness (QED) is 0.651. The van der Waals surface area contributed by atoms with Crippen molar-refractivity contribution in [1.82, 2.24) is 10.3 Å². The lowest BCUT2D eigenvalue weighted by Crippen LogP contribution is -2.28. The van der Waals surface area contributed by atoms with Gasteiger partial charge in [-0.3, -0.25) is 4.79 Å². The molecule has 0 unspecified atom stereocenters. The van der Waals surface area contributed by atoms with E-state index in [9.17, 15) is 9.59 Å². The second-order valence-electron chi connectivity index (χ2n) is 5.69. The van der Waals surface area contributed by atoms with E-state index < -0.39 is 5.97 Å². The van der Waals surface area contributed by atoms with E-state index in [2.05, 4.69) is 10.3 Å². The van der Waals surface area contributed by atoms with E-state index in [0.717, 1.165) is 21.0 Å². The number of rotatable bonds is 6. The number of benzene rings is 1. The van der Waals surface area contributed by atoms with Crippen LogP contribution in [0, 0.1) is 13.8 Å². The number of esters is 1. The molecule has 2 heterocycles. The lowest BCUT2D eigenvalue weighted by Gasteiger charge is -2.08. The highest BCUT2D eigenvalue weighted by Crippen LogP contribution is 2.31. The Morgan fingerprint density at radius 1 is 1.15 bits per heavy atom. The van der Waals surface area contributed by atoms with Crippen molar-refractivity contribution >= 4 is 34.6 Å². The van der Waals surface area contributed by atoms with Gasteiger partial charge in [-0.1, -0.05) is 30.3 Å². The monoisotopic (exact) mass is 386 g/mol. The summed E-state index contributed by atoms with van der Waals surface area (Å²) in [5.41, 5.74) is 2.75. The van der Waals surface area contributed by atoms with Gasteiger partial charge in [0, 0.05) is 6.54 Å². The minimum atomic E-state index is -0.520. The van der Waals surface area contributed by atoms with Gasteiger partial charge in [-0.05, 0) is 36.4 Å². The standard InChI is InChI=1S/C19H18N2O3S2/c1-12-6-3-4-7-14(12)10-20-16(22)11-24-19(23)17-13(2)21-18(26-17)15-8-5-9-25-15/h3-9H,10-11H2,1-2H3,(H,20,22). The van der Waals surface area contributed by atoms with E-state index in [1.807, 2.05) is 48.7 Å². The van der Waals surface area contributed by atoms with Crippen LogP contribution in [0.15, 0.2) is 41.8 Å². The van der Waals surface area contributed by atoms with Gasteiger partial charge in [-0.15, -0.1) is 22.7 Å². The molecule has 0 radical (unpaired) electrons. The van der Waals surface area contributed by atoms with E-state index >= 15 is 0 Å². The molecule has 0 saturated heterocycles. The molecule has 2 aromatic heterocycles. The number of nitrogens with zero attached hydrogens (tertiary/aromatic N) is 1. The van der Waals surface area contributed by atoms with Crippen LogP contribution < -0.4 is 5.32 Å². The maximum absolute atomic E-state index is 12.3. The average Bonchev–Trinajstić information content (AvgIpc) is 3.28. The number of hydrogen-bond donors (Lipinski definition) is 1. The van der Waals surface area contributed by atoms with Crippen molar-refractivity contribution in [2.45, 2.75) is 20.4 Å². The van der Waals surface area contributed by atoms with Crippen molar-refractivity contribution in [3.63, 3.8) is 0 Å². The van der Waals surface area contributed by atoms with Gasteiger partial charge in [-0.25, -0.2) is 9.78 Å². The van der Waals surface area contributed by atoms with Crippen molar-refractivity contribution in [3.8, 4) is 9.88 Å². The molecule has 134 valence electrons. The summed E-state index contributed by atoms with van der Waals surface area (Å²) in [6.45, 7) is 3.85. The van der Waals surface area contributed by atoms with Crippen LogP contribution in [-0.2, 0) is 16.1 Å².